The van der Waals surface area contributed by atoms with E-state index in [1.54, 1.807) is 27.5 Å². The highest BCUT2D eigenvalue weighted by Gasteiger charge is 2.42. The molecule has 0 radical (unpaired) electrons. The largest absolute Gasteiger partial charge is 0.379 e. The van der Waals surface area contributed by atoms with Crippen LogP contribution < -0.4 is 21.3 Å². The van der Waals surface area contributed by atoms with E-state index in [1.807, 2.05) is 89.1 Å². The number of rotatable bonds is 21. The summed E-state index contributed by atoms with van der Waals surface area (Å²) in [6.45, 7) is 14.1. The van der Waals surface area contributed by atoms with E-state index in [0.29, 0.717) is 19.4 Å². The first-order chi connectivity index (χ1) is 25.3. The molecule has 4 N–H and O–H groups in total. The summed E-state index contributed by atoms with van der Waals surface area (Å²) in [5, 5.41) is 15.1. The van der Waals surface area contributed by atoms with Crippen molar-refractivity contribution >= 4 is 35.0 Å². The van der Waals surface area contributed by atoms with Crippen molar-refractivity contribution in [3.8, 4) is 0 Å². The van der Waals surface area contributed by atoms with Gasteiger partial charge >= 0.3 is 0 Å². The van der Waals surface area contributed by atoms with E-state index in [0.717, 1.165) is 23.4 Å². The molecule has 12 nitrogen and oxygen atoms in total. The van der Waals surface area contributed by atoms with Crippen molar-refractivity contribution in [1.29, 1.82) is 0 Å². The molecule has 1 aliphatic rings. The summed E-state index contributed by atoms with van der Waals surface area (Å²) in [6, 6.07) is 7.70. The van der Waals surface area contributed by atoms with Crippen molar-refractivity contribution in [1.82, 2.24) is 31.2 Å². The van der Waals surface area contributed by atoms with E-state index in [2.05, 4.69) is 26.3 Å². The molecule has 1 unspecified atom stereocenters. The average molecular weight is 757 g/mol. The fraction of sp³-hybridized carbons (Fsp3) is 0.675. The third-order valence-corrected chi connectivity index (χ3v) is 11.6. The molecule has 3 rings (SSSR count). The molecule has 4 amide bonds. The molecule has 9 atom stereocenters. The van der Waals surface area contributed by atoms with Crippen molar-refractivity contribution < 1.29 is 28.7 Å². The van der Waals surface area contributed by atoms with Crippen LogP contribution in [0.5, 0.6) is 0 Å². The maximum atomic E-state index is 14.1. The molecule has 1 saturated heterocycles. The third kappa shape index (κ3) is 12.1. The van der Waals surface area contributed by atoms with Crippen LogP contribution in [0.25, 0.3) is 0 Å². The van der Waals surface area contributed by atoms with Crippen molar-refractivity contribution in [2.24, 2.45) is 23.7 Å². The van der Waals surface area contributed by atoms with Crippen LogP contribution in [0.15, 0.2) is 41.9 Å². The van der Waals surface area contributed by atoms with Gasteiger partial charge in [-0.05, 0) is 49.6 Å². The summed E-state index contributed by atoms with van der Waals surface area (Å²) in [5.41, 5.74) is 1.09. The van der Waals surface area contributed by atoms with Gasteiger partial charge in [0.25, 0.3) is 0 Å². The lowest BCUT2D eigenvalue weighted by atomic mass is 9.90. The SMILES string of the molecule is CC[C@H](C)C(NC(=O)[C@@H](NC(=O)[C@@H](NC)C(C)C)C(C)C)[C@@H](CC(=O)N1CCC[C@H]1[C@H](OC)[C@@H](C)C(=O)N[C@@H](Cc1ccccc1)c1nccs1)OC. The summed E-state index contributed by atoms with van der Waals surface area (Å²) in [6.07, 6.45) is 3.44. The van der Waals surface area contributed by atoms with Crippen LogP contribution >= 0.6 is 11.3 Å². The van der Waals surface area contributed by atoms with Crippen LogP contribution in [0.2, 0.25) is 0 Å². The second kappa shape index (κ2) is 21.5. The normalized spacial score (nSPS) is 19.2. The second-order valence-electron chi connectivity index (χ2n) is 15.0. The van der Waals surface area contributed by atoms with E-state index >= 15 is 0 Å². The van der Waals surface area contributed by atoms with Gasteiger partial charge in [0.05, 0.1) is 48.7 Å². The molecule has 2 heterocycles. The van der Waals surface area contributed by atoms with E-state index in [4.69, 9.17) is 9.47 Å². The zero-order valence-electron chi connectivity index (χ0n) is 33.4. The molecule has 0 bridgehead atoms. The van der Waals surface area contributed by atoms with Crippen LogP contribution in [0.4, 0.5) is 0 Å². The second-order valence-corrected chi connectivity index (χ2v) is 16.0. The lowest BCUT2D eigenvalue weighted by molar-refractivity contribution is -0.143. The predicted molar refractivity (Wildman–Crippen MR) is 209 cm³/mol. The topological polar surface area (TPSA) is 151 Å². The minimum Gasteiger partial charge on any atom is -0.379 e. The molecule has 0 aliphatic carbocycles. The minimum absolute atomic E-state index is 0.0209. The number of thiazole rings is 1. The van der Waals surface area contributed by atoms with E-state index in [1.165, 1.54) is 11.3 Å². The molecule has 2 aromatic rings. The Hall–Kier alpha value is -3.39. The first-order valence-electron chi connectivity index (χ1n) is 19.1. The third-order valence-electron chi connectivity index (χ3n) is 10.7. The zero-order chi connectivity index (χ0) is 39.2. The van der Waals surface area contributed by atoms with Gasteiger partial charge in [-0.1, -0.05) is 85.2 Å². The van der Waals surface area contributed by atoms with Crippen LogP contribution in [0, 0.1) is 23.7 Å². The van der Waals surface area contributed by atoms with Gasteiger partial charge in [-0.15, -0.1) is 11.3 Å². The summed E-state index contributed by atoms with van der Waals surface area (Å²) in [7, 11) is 4.88. The van der Waals surface area contributed by atoms with Crippen LogP contribution in [-0.4, -0.2) is 97.7 Å². The predicted octanol–water partition coefficient (Wildman–Crippen LogP) is 4.51. The average Bonchev–Trinajstić information content (AvgIpc) is 3.85. The maximum absolute atomic E-state index is 14.1. The lowest BCUT2D eigenvalue weighted by Gasteiger charge is -2.37. The molecule has 13 heteroatoms. The molecule has 1 fully saturated rings. The number of hydrogen-bond acceptors (Lipinski definition) is 9. The molecule has 0 saturated carbocycles. The number of ether oxygens (including phenoxy) is 2. The Morgan fingerprint density at radius 3 is 2.11 bits per heavy atom. The fourth-order valence-electron chi connectivity index (χ4n) is 7.35. The molecule has 1 aromatic carbocycles. The van der Waals surface area contributed by atoms with Crippen LogP contribution in [-0.2, 0) is 35.1 Å². The Kier molecular flexibility index (Phi) is 17.8. The number of likely N-dealkylation sites (tertiary alicyclic amines) is 1. The summed E-state index contributed by atoms with van der Waals surface area (Å²) in [4.78, 5) is 61.2. The summed E-state index contributed by atoms with van der Waals surface area (Å²) >= 11 is 1.50. The van der Waals surface area contributed by atoms with Crippen molar-refractivity contribution in [3.05, 3.63) is 52.5 Å². The van der Waals surface area contributed by atoms with E-state index in [9.17, 15) is 19.2 Å². The molecule has 0 spiro atoms. The van der Waals surface area contributed by atoms with Crippen LogP contribution in [0.3, 0.4) is 0 Å². The van der Waals surface area contributed by atoms with Gasteiger partial charge in [-0.25, -0.2) is 4.98 Å². The number of nitrogens with zero attached hydrogens (tertiary/aromatic N) is 2. The van der Waals surface area contributed by atoms with Gasteiger partial charge in [-0.2, -0.15) is 0 Å². The monoisotopic (exact) mass is 756 g/mol. The number of hydrogen-bond donors (Lipinski definition) is 4. The Bertz CT molecular complexity index is 1430. The lowest BCUT2D eigenvalue weighted by Crippen LogP contribution is -2.59. The number of aromatic nitrogens is 1. The van der Waals surface area contributed by atoms with E-state index in [-0.39, 0.29) is 59.9 Å². The molecule has 53 heavy (non-hydrogen) atoms. The Morgan fingerprint density at radius 2 is 1.57 bits per heavy atom. The Balaban J connectivity index is 1.75. The van der Waals surface area contributed by atoms with Gasteiger partial charge in [0.1, 0.15) is 11.0 Å². The number of methoxy groups -OCH3 is 2. The zero-order valence-corrected chi connectivity index (χ0v) is 34.2. The highest BCUT2D eigenvalue weighted by Crippen LogP contribution is 2.29. The first-order valence-corrected chi connectivity index (χ1v) is 20.0. The highest BCUT2D eigenvalue weighted by atomic mass is 32.1. The van der Waals surface area contributed by atoms with Gasteiger partial charge < -0.3 is 35.6 Å². The summed E-state index contributed by atoms with van der Waals surface area (Å²) in [5.74, 6) is -1.54. The van der Waals surface area contributed by atoms with Crippen LogP contribution in [0.1, 0.15) is 90.8 Å². The fourth-order valence-corrected chi connectivity index (χ4v) is 8.04. The molecule has 1 aromatic heterocycles. The highest BCUT2D eigenvalue weighted by molar-refractivity contribution is 7.09. The number of carbonyl (C=O) groups excluding carboxylic acids is 4. The Labute approximate surface area is 320 Å². The molecule has 1 aliphatic heterocycles. The molecular weight excluding hydrogens is 693 g/mol. The maximum Gasteiger partial charge on any atom is 0.243 e. The van der Waals surface area contributed by atoms with Crippen molar-refractivity contribution in [2.75, 3.05) is 27.8 Å². The number of benzene rings is 1. The smallest absolute Gasteiger partial charge is 0.243 e. The standard InChI is InChI=1S/C40H64N6O6S/c1-11-26(6)35(45-39(50)34(25(4)5)44-38(49)33(41-8)24(2)3)31(51-9)23-32(47)46-20-15-18-30(46)36(52-10)27(7)37(48)43-29(40-42-19-21-53-40)22-28-16-13-12-14-17-28/h12-14,16-17,19,21,24-27,29-31,33-36,41H,11,15,18,20,22-23H2,1-10H3,(H,43,48)(H,44,49)(H,45,50)/t26-,27+,29-,30-,31+,33-,34-,35?,36+/m0/s1. The van der Waals surface area contributed by atoms with Crippen molar-refractivity contribution in [3.63, 3.8) is 0 Å². The minimum atomic E-state index is -0.766. The number of nitrogens with one attached hydrogen (secondary N) is 4. The summed E-state index contributed by atoms with van der Waals surface area (Å²) < 4.78 is 12.0. The first kappa shape index (κ1) is 44.0. The molecular formula is C40H64N6O6S. The number of likely N-dealkylation sites (N-methyl/N-ethyl adjacent to an activating group) is 1. The van der Waals surface area contributed by atoms with E-state index < -0.39 is 36.3 Å². The Morgan fingerprint density at radius 1 is 0.906 bits per heavy atom. The van der Waals surface area contributed by atoms with Gasteiger partial charge in [0.2, 0.25) is 23.6 Å². The van der Waals surface area contributed by atoms with Gasteiger partial charge in [-0.3, -0.25) is 19.2 Å². The van der Waals surface area contributed by atoms with Gasteiger partial charge in [0, 0.05) is 32.3 Å². The molecule has 296 valence electrons. The van der Waals surface area contributed by atoms with Crippen molar-refractivity contribution in [2.45, 2.75) is 123 Å². The number of amides is 4. The van der Waals surface area contributed by atoms with Gasteiger partial charge in [0.15, 0.2) is 0 Å². The number of carbonyl (C=O) groups is 4. The quantitative estimate of drug-likeness (QED) is 0.145.